The van der Waals surface area contributed by atoms with E-state index in [-0.39, 0.29) is 0 Å². The first-order chi connectivity index (χ1) is 8.61. The van der Waals surface area contributed by atoms with E-state index in [2.05, 4.69) is 62.3 Å². The third-order valence-corrected chi connectivity index (χ3v) is 3.08. The Balaban J connectivity index is 2.39. The standard InChI is InChI=1S/C16H28N2/c1-5-6-11-18(4)13-16-9-7-15(8-10-16)12-17-14(2)3/h7-10,14,17H,5-6,11-13H2,1-4H3. The maximum absolute atomic E-state index is 3.44. The fourth-order valence-electron chi connectivity index (χ4n) is 1.90. The lowest BCUT2D eigenvalue weighted by atomic mass is 10.1. The van der Waals surface area contributed by atoms with Crippen LogP contribution in [0.2, 0.25) is 0 Å². The first-order valence-electron chi connectivity index (χ1n) is 7.11. The maximum Gasteiger partial charge on any atom is 0.0230 e. The first kappa shape index (κ1) is 15.2. The summed E-state index contributed by atoms with van der Waals surface area (Å²) in [5, 5.41) is 3.44. The monoisotopic (exact) mass is 248 g/mol. The van der Waals surface area contributed by atoms with Gasteiger partial charge >= 0.3 is 0 Å². The molecule has 0 amide bonds. The Hall–Kier alpha value is -0.860. The second-order valence-electron chi connectivity index (χ2n) is 5.44. The average molecular weight is 248 g/mol. The molecule has 0 spiro atoms. The molecule has 1 rings (SSSR count). The molecule has 0 heterocycles. The number of nitrogens with zero attached hydrogens (tertiary/aromatic N) is 1. The van der Waals surface area contributed by atoms with Crippen molar-refractivity contribution in [3.05, 3.63) is 35.4 Å². The number of nitrogens with one attached hydrogen (secondary N) is 1. The van der Waals surface area contributed by atoms with Crippen LogP contribution < -0.4 is 5.32 Å². The van der Waals surface area contributed by atoms with Gasteiger partial charge in [0.1, 0.15) is 0 Å². The molecule has 0 bridgehead atoms. The highest BCUT2D eigenvalue weighted by Crippen LogP contribution is 2.07. The summed E-state index contributed by atoms with van der Waals surface area (Å²) in [4.78, 5) is 2.39. The largest absolute Gasteiger partial charge is 0.310 e. The van der Waals surface area contributed by atoms with Gasteiger partial charge in [-0.3, -0.25) is 0 Å². The van der Waals surface area contributed by atoms with Crippen LogP contribution in [0.25, 0.3) is 0 Å². The predicted octanol–water partition coefficient (Wildman–Crippen LogP) is 3.42. The van der Waals surface area contributed by atoms with E-state index in [1.54, 1.807) is 0 Å². The van der Waals surface area contributed by atoms with Crippen molar-refractivity contribution < 1.29 is 0 Å². The van der Waals surface area contributed by atoms with Crippen molar-refractivity contribution in [3.8, 4) is 0 Å². The van der Waals surface area contributed by atoms with Crippen molar-refractivity contribution in [2.75, 3.05) is 13.6 Å². The van der Waals surface area contributed by atoms with Crippen LogP contribution in [-0.4, -0.2) is 24.5 Å². The van der Waals surface area contributed by atoms with E-state index in [1.165, 1.54) is 30.5 Å². The molecule has 0 aliphatic carbocycles. The molecule has 2 heteroatoms. The Morgan fingerprint density at radius 3 is 2.28 bits per heavy atom. The van der Waals surface area contributed by atoms with Crippen LogP contribution in [0.1, 0.15) is 44.7 Å². The van der Waals surface area contributed by atoms with Crippen molar-refractivity contribution in [1.29, 1.82) is 0 Å². The molecule has 0 radical (unpaired) electrons. The number of rotatable bonds is 8. The minimum absolute atomic E-state index is 0.546. The zero-order chi connectivity index (χ0) is 13.4. The van der Waals surface area contributed by atoms with Crippen molar-refractivity contribution in [2.45, 2.75) is 52.7 Å². The molecule has 102 valence electrons. The van der Waals surface area contributed by atoms with E-state index in [9.17, 15) is 0 Å². The second-order valence-corrected chi connectivity index (χ2v) is 5.44. The molecule has 18 heavy (non-hydrogen) atoms. The fourth-order valence-corrected chi connectivity index (χ4v) is 1.90. The lowest BCUT2D eigenvalue weighted by Crippen LogP contribution is -2.22. The number of hydrogen-bond donors (Lipinski definition) is 1. The van der Waals surface area contributed by atoms with Crippen LogP contribution in [0.15, 0.2) is 24.3 Å². The van der Waals surface area contributed by atoms with Crippen LogP contribution in [0.3, 0.4) is 0 Å². The lowest BCUT2D eigenvalue weighted by Gasteiger charge is -2.16. The molecule has 0 aliphatic rings. The van der Waals surface area contributed by atoms with Gasteiger partial charge in [-0.15, -0.1) is 0 Å². The van der Waals surface area contributed by atoms with Gasteiger partial charge in [0, 0.05) is 19.1 Å². The van der Waals surface area contributed by atoms with E-state index in [1.807, 2.05) is 0 Å². The minimum Gasteiger partial charge on any atom is -0.310 e. The summed E-state index contributed by atoms with van der Waals surface area (Å²) in [6, 6.07) is 9.51. The normalized spacial score (nSPS) is 11.4. The summed E-state index contributed by atoms with van der Waals surface area (Å²) in [5.74, 6) is 0. The van der Waals surface area contributed by atoms with Gasteiger partial charge < -0.3 is 10.2 Å². The number of unbranched alkanes of at least 4 members (excludes halogenated alkanes) is 1. The van der Waals surface area contributed by atoms with Crippen LogP contribution in [-0.2, 0) is 13.1 Å². The van der Waals surface area contributed by atoms with Crippen molar-refractivity contribution in [1.82, 2.24) is 10.2 Å². The second kappa shape index (κ2) is 8.28. The van der Waals surface area contributed by atoms with Crippen molar-refractivity contribution in [2.24, 2.45) is 0 Å². The summed E-state index contributed by atoms with van der Waals surface area (Å²) < 4.78 is 0. The van der Waals surface area contributed by atoms with E-state index in [4.69, 9.17) is 0 Å². The molecule has 0 atom stereocenters. The molecule has 1 aromatic rings. The van der Waals surface area contributed by atoms with Gasteiger partial charge in [-0.05, 0) is 31.1 Å². The number of benzene rings is 1. The highest BCUT2D eigenvalue weighted by Gasteiger charge is 2.00. The van der Waals surface area contributed by atoms with Gasteiger partial charge in [0.15, 0.2) is 0 Å². The van der Waals surface area contributed by atoms with Crippen molar-refractivity contribution in [3.63, 3.8) is 0 Å². The quantitative estimate of drug-likeness (QED) is 0.758. The molecular formula is C16H28N2. The van der Waals surface area contributed by atoms with Gasteiger partial charge in [-0.2, -0.15) is 0 Å². The van der Waals surface area contributed by atoms with Gasteiger partial charge in [0.05, 0.1) is 0 Å². The summed E-state index contributed by atoms with van der Waals surface area (Å²) >= 11 is 0. The zero-order valence-corrected chi connectivity index (χ0v) is 12.4. The summed E-state index contributed by atoms with van der Waals surface area (Å²) in [6.07, 6.45) is 2.55. The van der Waals surface area contributed by atoms with Crippen LogP contribution >= 0.6 is 0 Å². The summed E-state index contributed by atoms with van der Waals surface area (Å²) in [6.45, 7) is 9.80. The Bertz CT molecular complexity index is 316. The molecule has 0 fully saturated rings. The third kappa shape index (κ3) is 6.18. The summed E-state index contributed by atoms with van der Waals surface area (Å²) in [7, 11) is 2.20. The van der Waals surface area contributed by atoms with Crippen LogP contribution in [0, 0.1) is 0 Å². The number of hydrogen-bond acceptors (Lipinski definition) is 2. The fraction of sp³-hybridized carbons (Fsp3) is 0.625. The Kier molecular flexibility index (Phi) is 6.99. The van der Waals surface area contributed by atoms with Gasteiger partial charge in [0.2, 0.25) is 0 Å². The molecule has 0 saturated carbocycles. The maximum atomic E-state index is 3.44. The molecule has 2 nitrogen and oxygen atoms in total. The van der Waals surface area contributed by atoms with E-state index < -0.39 is 0 Å². The molecule has 0 aliphatic heterocycles. The Labute approximate surface area is 112 Å². The molecule has 0 saturated heterocycles. The highest BCUT2D eigenvalue weighted by atomic mass is 15.1. The van der Waals surface area contributed by atoms with Gasteiger partial charge in [0.25, 0.3) is 0 Å². The zero-order valence-electron chi connectivity index (χ0n) is 12.4. The average Bonchev–Trinajstić information content (AvgIpc) is 2.35. The van der Waals surface area contributed by atoms with Crippen LogP contribution in [0.5, 0.6) is 0 Å². The Morgan fingerprint density at radius 2 is 1.72 bits per heavy atom. The molecular weight excluding hydrogens is 220 g/mol. The highest BCUT2D eigenvalue weighted by molar-refractivity contribution is 5.22. The minimum atomic E-state index is 0.546. The molecule has 0 aromatic heterocycles. The smallest absolute Gasteiger partial charge is 0.0230 e. The lowest BCUT2D eigenvalue weighted by molar-refractivity contribution is 0.321. The van der Waals surface area contributed by atoms with E-state index in [0.717, 1.165) is 13.1 Å². The SMILES string of the molecule is CCCCN(C)Cc1ccc(CNC(C)C)cc1. The summed E-state index contributed by atoms with van der Waals surface area (Å²) in [5.41, 5.74) is 2.77. The van der Waals surface area contributed by atoms with E-state index in [0.29, 0.717) is 6.04 Å². The Morgan fingerprint density at radius 1 is 1.11 bits per heavy atom. The third-order valence-electron chi connectivity index (χ3n) is 3.08. The molecule has 0 unspecified atom stereocenters. The van der Waals surface area contributed by atoms with Gasteiger partial charge in [-0.1, -0.05) is 51.5 Å². The first-order valence-corrected chi connectivity index (χ1v) is 7.11. The van der Waals surface area contributed by atoms with Gasteiger partial charge in [-0.25, -0.2) is 0 Å². The molecule has 1 aromatic carbocycles. The van der Waals surface area contributed by atoms with Crippen LogP contribution in [0.4, 0.5) is 0 Å². The van der Waals surface area contributed by atoms with Crippen molar-refractivity contribution >= 4 is 0 Å². The topological polar surface area (TPSA) is 15.3 Å². The predicted molar refractivity (Wildman–Crippen MR) is 79.7 cm³/mol. The molecule has 1 N–H and O–H groups in total. The van der Waals surface area contributed by atoms with E-state index >= 15 is 0 Å².